The van der Waals surface area contributed by atoms with Crippen LogP contribution in [0, 0.1) is 11.5 Å². The summed E-state index contributed by atoms with van der Waals surface area (Å²) in [6.45, 7) is 16.2. The lowest BCUT2D eigenvalue weighted by molar-refractivity contribution is -0.117. The molecule has 0 aliphatic rings. The number of rotatable bonds is 7. The maximum atomic E-state index is 11.8. The molecule has 5 heteroatoms. The fraction of sp³-hybridized carbons (Fsp3) is 0.647. The van der Waals surface area contributed by atoms with Gasteiger partial charge in [0.05, 0.1) is 0 Å². The first-order valence-electron chi connectivity index (χ1n) is 7.64. The van der Waals surface area contributed by atoms with Crippen LogP contribution >= 0.6 is 0 Å². The number of ketones is 1. The number of Topliss-reactive ketones (excluding diaryl/α,β-unsaturated/α-hetero) is 1. The van der Waals surface area contributed by atoms with Gasteiger partial charge in [0.1, 0.15) is 14.7 Å². The first-order valence-corrected chi connectivity index (χ1v) is 9.88. The Hall–Kier alpha value is -1.54. The molecule has 4 nitrogen and oxygen atoms in total. The zero-order valence-corrected chi connectivity index (χ0v) is 15.6. The van der Waals surface area contributed by atoms with Crippen LogP contribution in [0.15, 0.2) is 12.7 Å². The van der Waals surface area contributed by atoms with Crippen LogP contribution in [-0.2, 0) is 14.3 Å². The highest BCUT2D eigenvalue weighted by molar-refractivity contribution is 6.90. The van der Waals surface area contributed by atoms with Gasteiger partial charge in [-0.2, -0.15) is 0 Å². The number of ether oxygens (including phenoxy) is 2. The quantitative estimate of drug-likeness (QED) is 0.306. The standard InChI is InChI=1S/C17H28O4Si/c1-8-10-20-17(19)21-12-16(18)9-11-22(13(2)3,14(4)5)15(6)7/h8,13-15H,1,10,12H2,2-7H3. The molecule has 0 heterocycles. The van der Waals surface area contributed by atoms with Gasteiger partial charge < -0.3 is 9.47 Å². The lowest BCUT2D eigenvalue weighted by Crippen LogP contribution is -2.43. The van der Waals surface area contributed by atoms with Crippen molar-refractivity contribution < 1.29 is 19.1 Å². The fourth-order valence-electron chi connectivity index (χ4n) is 2.94. The van der Waals surface area contributed by atoms with Gasteiger partial charge in [0.25, 0.3) is 0 Å². The largest absolute Gasteiger partial charge is 0.509 e. The van der Waals surface area contributed by atoms with Gasteiger partial charge in [-0.25, -0.2) is 4.79 Å². The predicted octanol–water partition coefficient (Wildman–Crippen LogP) is 4.12. The lowest BCUT2D eigenvalue weighted by Gasteiger charge is -2.37. The molecule has 0 bridgehead atoms. The summed E-state index contributed by atoms with van der Waals surface area (Å²) in [4.78, 5) is 23.0. The molecule has 0 N–H and O–H groups in total. The topological polar surface area (TPSA) is 52.6 Å². The van der Waals surface area contributed by atoms with Crippen molar-refractivity contribution in [3.8, 4) is 11.5 Å². The molecule has 0 aliphatic heterocycles. The smallest absolute Gasteiger partial charge is 0.430 e. The van der Waals surface area contributed by atoms with E-state index in [-0.39, 0.29) is 13.2 Å². The van der Waals surface area contributed by atoms with E-state index in [2.05, 4.69) is 64.3 Å². The highest BCUT2D eigenvalue weighted by Crippen LogP contribution is 2.40. The third-order valence-corrected chi connectivity index (χ3v) is 10.2. The van der Waals surface area contributed by atoms with E-state index in [4.69, 9.17) is 4.74 Å². The molecular formula is C17H28O4Si. The van der Waals surface area contributed by atoms with Gasteiger partial charge in [-0.15, -0.1) is 5.54 Å². The lowest BCUT2D eigenvalue weighted by atomic mass is 10.4. The van der Waals surface area contributed by atoms with Crippen LogP contribution in [0.4, 0.5) is 4.79 Å². The van der Waals surface area contributed by atoms with E-state index in [9.17, 15) is 9.59 Å². The van der Waals surface area contributed by atoms with Crippen molar-refractivity contribution >= 4 is 20.0 Å². The van der Waals surface area contributed by atoms with Gasteiger partial charge in [0.15, 0.2) is 6.61 Å². The molecule has 22 heavy (non-hydrogen) atoms. The summed E-state index contributed by atoms with van der Waals surface area (Å²) >= 11 is 0. The van der Waals surface area contributed by atoms with Crippen molar-refractivity contribution in [2.75, 3.05) is 13.2 Å². The maximum absolute atomic E-state index is 11.8. The minimum Gasteiger partial charge on any atom is -0.430 e. The Morgan fingerprint density at radius 3 is 1.95 bits per heavy atom. The van der Waals surface area contributed by atoms with Crippen LogP contribution in [0.2, 0.25) is 16.6 Å². The molecule has 0 aliphatic carbocycles. The molecule has 0 fully saturated rings. The molecule has 0 saturated carbocycles. The summed E-state index contributed by atoms with van der Waals surface area (Å²) < 4.78 is 9.34. The van der Waals surface area contributed by atoms with Crippen LogP contribution in [0.3, 0.4) is 0 Å². The molecule has 0 aromatic carbocycles. The number of carbonyl (C=O) groups excluding carboxylic acids is 2. The summed E-state index contributed by atoms with van der Waals surface area (Å²) in [5, 5.41) is 0. The number of carbonyl (C=O) groups is 2. The van der Waals surface area contributed by atoms with Gasteiger partial charge in [-0.3, -0.25) is 4.79 Å². The minimum atomic E-state index is -1.93. The van der Waals surface area contributed by atoms with Crippen LogP contribution < -0.4 is 0 Å². The van der Waals surface area contributed by atoms with Gasteiger partial charge in [-0.05, 0) is 22.5 Å². The molecule has 0 unspecified atom stereocenters. The van der Waals surface area contributed by atoms with Gasteiger partial charge in [0.2, 0.25) is 5.78 Å². The Balaban J connectivity index is 4.89. The Morgan fingerprint density at radius 2 is 1.55 bits per heavy atom. The van der Waals surface area contributed by atoms with Crippen molar-refractivity contribution in [3.63, 3.8) is 0 Å². The highest BCUT2D eigenvalue weighted by Gasteiger charge is 2.41. The average molecular weight is 324 g/mol. The van der Waals surface area contributed by atoms with Crippen molar-refractivity contribution in [2.45, 2.75) is 58.2 Å². The summed E-state index contributed by atoms with van der Waals surface area (Å²) in [5.74, 6) is 2.30. The van der Waals surface area contributed by atoms with E-state index in [0.29, 0.717) is 16.6 Å². The second-order valence-electron chi connectivity index (χ2n) is 6.21. The molecule has 0 atom stereocenters. The zero-order chi connectivity index (χ0) is 17.3. The average Bonchev–Trinajstić information content (AvgIpc) is 2.42. The third kappa shape index (κ3) is 5.68. The van der Waals surface area contributed by atoms with E-state index < -0.39 is 20.0 Å². The summed E-state index contributed by atoms with van der Waals surface area (Å²) in [7, 11) is -1.93. The third-order valence-electron chi connectivity index (χ3n) is 3.92. The van der Waals surface area contributed by atoms with E-state index in [1.165, 1.54) is 6.08 Å². The minimum absolute atomic E-state index is 0.0583. The maximum Gasteiger partial charge on any atom is 0.509 e. The molecule has 0 amide bonds. The molecule has 124 valence electrons. The second-order valence-corrected chi connectivity index (χ2v) is 11.8. The molecule has 0 radical (unpaired) electrons. The van der Waals surface area contributed by atoms with E-state index in [1.54, 1.807) is 0 Å². The zero-order valence-electron chi connectivity index (χ0n) is 14.6. The normalized spacial score (nSPS) is 11.1. The van der Waals surface area contributed by atoms with E-state index >= 15 is 0 Å². The molecular weight excluding hydrogens is 296 g/mol. The predicted molar refractivity (Wildman–Crippen MR) is 91.3 cm³/mol. The van der Waals surface area contributed by atoms with Crippen LogP contribution in [0.25, 0.3) is 0 Å². The first kappa shape index (κ1) is 20.5. The molecule has 0 aromatic rings. The fourth-order valence-corrected chi connectivity index (χ4v) is 8.16. The SMILES string of the molecule is C=CCOC(=O)OCC(=O)C#C[Si](C(C)C)(C(C)C)C(C)C. The molecule has 0 aromatic heterocycles. The monoisotopic (exact) mass is 324 g/mol. The van der Waals surface area contributed by atoms with E-state index in [0.717, 1.165) is 0 Å². The Morgan fingerprint density at radius 1 is 1.05 bits per heavy atom. The first-order chi connectivity index (χ1) is 10.2. The van der Waals surface area contributed by atoms with Gasteiger partial charge >= 0.3 is 6.16 Å². The van der Waals surface area contributed by atoms with Crippen LogP contribution in [0.1, 0.15) is 41.5 Å². The van der Waals surface area contributed by atoms with Crippen molar-refractivity contribution in [1.29, 1.82) is 0 Å². The van der Waals surface area contributed by atoms with Gasteiger partial charge in [0, 0.05) is 0 Å². The van der Waals surface area contributed by atoms with Crippen LogP contribution in [-0.4, -0.2) is 33.2 Å². The Bertz CT molecular complexity index is 433. The highest BCUT2D eigenvalue weighted by atomic mass is 28.3. The summed E-state index contributed by atoms with van der Waals surface area (Å²) in [6.07, 6.45) is 0.548. The van der Waals surface area contributed by atoms with Crippen molar-refractivity contribution in [2.24, 2.45) is 0 Å². The Labute approximate surface area is 135 Å². The summed E-state index contributed by atoms with van der Waals surface area (Å²) in [5.41, 5.74) is 4.64. The molecule has 0 saturated heterocycles. The number of hydrogen-bond acceptors (Lipinski definition) is 4. The molecule has 0 rings (SSSR count). The van der Waals surface area contributed by atoms with Crippen molar-refractivity contribution in [1.82, 2.24) is 0 Å². The molecule has 0 spiro atoms. The van der Waals surface area contributed by atoms with Gasteiger partial charge in [-0.1, -0.05) is 54.2 Å². The summed E-state index contributed by atoms with van der Waals surface area (Å²) in [6, 6.07) is 0. The van der Waals surface area contributed by atoms with Crippen LogP contribution in [0.5, 0.6) is 0 Å². The second kappa shape index (κ2) is 9.47. The van der Waals surface area contributed by atoms with E-state index in [1.807, 2.05) is 0 Å². The Kier molecular flexibility index (Phi) is 8.81. The number of hydrogen-bond donors (Lipinski definition) is 0. The van der Waals surface area contributed by atoms with Crippen molar-refractivity contribution in [3.05, 3.63) is 12.7 Å².